The summed E-state index contributed by atoms with van der Waals surface area (Å²) < 4.78 is 2.00. The Hall–Kier alpha value is -0.0900. The van der Waals surface area contributed by atoms with Gasteiger partial charge in [-0.05, 0) is 41.8 Å². The Morgan fingerprint density at radius 1 is 1.22 bits per heavy atom. The summed E-state index contributed by atoms with van der Waals surface area (Å²) in [5.74, 6) is 0. The first-order chi connectivity index (χ1) is 8.58. The molecule has 94 valence electrons. The highest BCUT2D eigenvalue weighted by molar-refractivity contribution is 9.11. The second-order valence-electron chi connectivity index (χ2n) is 3.80. The Bertz CT molecular complexity index is 560. The van der Waals surface area contributed by atoms with Crippen molar-refractivity contribution in [1.29, 1.82) is 0 Å². The van der Waals surface area contributed by atoms with E-state index >= 15 is 0 Å². The van der Waals surface area contributed by atoms with Crippen molar-refractivity contribution >= 4 is 55.1 Å². The molecular formula is C13H9Br2Cl2N. The normalized spacial score (nSPS) is 12.4. The van der Waals surface area contributed by atoms with Gasteiger partial charge in [0.1, 0.15) is 0 Å². The third-order valence-electron chi connectivity index (χ3n) is 2.55. The van der Waals surface area contributed by atoms with E-state index in [0.717, 1.165) is 20.1 Å². The molecule has 5 heteroatoms. The van der Waals surface area contributed by atoms with Crippen molar-refractivity contribution in [2.24, 2.45) is 0 Å². The fourth-order valence-corrected chi connectivity index (χ4v) is 3.20. The first kappa shape index (κ1) is 14.3. The van der Waals surface area contributed by atoms with Gasteiger partial charge in [0.05, 0.1) is 10.4 Å². The second kappa shape index (κ2) is 6.38. The van der Waals surface area contributed by atoms with Crippen molar-refractivity contribution in [2.75, 3.05) is 0 Å². The van der Waals surface area contributed by atoms with Crippen molar-refractivity contribution in [3.05, 3.63) is 61.8 Å². The van der Waals surface area contributed by atoms with Gasteiger partial charge in [-0.3, -0.25) is 4.98 Å². The van der Waals surface area contributed by atoms with Crippen molar-refractivity contribution in [3.63, 3.8) is 0 Å². The minimum atomic E-state index is -0.142. The van der Waals surface area contributed by atoms with Crippen molar-refractivity contribution in [3.8, 4) is 0 Å². The summed E-state index contributed by atoms with van der Waals surface area (Å²) in [6.45, 7) is 0. The predicted octanol–water partition coefficient (Wildman–Crippen LogP) is 5.78. The Balaban J connectivity index is 2.25. The molecule has 0 bridgehead atoms. The zero-order valence-corrected chi connectivity index (χ0v) is 13.9. The van der Waals surface area contributed by atoms with Crippen LogP contribution in [0.2, 0.25) is 5.02 Å². The summed E-state index contributed by atoms with van der Waals surface area (Å²) in [5.41, 5.74) is 2.04. The van der Waals surface area contributed by atoms with Gasteiger partial charge in [-0.2, -0.15) is 0 Å². The highest BCUT2D eigenvalue weighted by Crippen LogP contribution is 2.34. The molecule has 0 amide bonds. The van der Waals surface area contributed by atoms with E-state index in [1.165, 1.54) is 0 Å². The summed E-state index contributed by atoms with van der Waals surface area (Å²) in [6, 6.07) is 7.85. The summed E-state index contributed by atoms with van der Waals surface area (Å²) in [7, 11) is 0. The molecule has 2 aromatic rings. The smallest absolute Gasteiger partial charge is 0.0637 e. The standard InChI is InChI=1S/C13H9Br2Cl2N/c14-9-1-2-11(15)10(6-9)12(16)5-8-3-4-18-7-13(8)17/h1-4,6-7,12H,5H2. The maximum atomic E-state index is 6.46. The molecule has 18 heavy (non-hydrogen) atoms. The van der Waals surface area contributed by atoms with E-state index in [-0.39, 0.29) is 5.38 Å². The Morgan fingerprint density at radius 3 is 2.72 bits per heavy atom. The van der Waals surface area contributed by atoms with Gasteiger partial charge in [0.25, 0.3) is 0 Å². The number of halogens is 4. The third-order valence-corrected chi connectivity index (χ3v) is 4.50. The molecule has 0 spiro atoms. The molecule has 2 rings (SSSR count). The van der Waals surface area contributed by atoms with Crippen molar-refractivity contribution < 1.29 is 0 Å². The van der Waals surface area contributed by atoms with E-state index < -0.39 is 0 Å². The van der Waals surface area contributed by atoms with E-state index in [0.29, 0.717) is 11.4 Å². The number of aromatic nitrogens is 1. The molecule has 0 saturated carbocycles. The average Bonchev–Trinajstić information content (AvgIpc) is 2.35. The number of hydrogen-bond donors (Lipinski definition) is 0. The van der Waals surface area contributed by atoms with Crippen LogP contribution in [0.1, 0.15) is 16.5 Å². The fraction of sp³-hybridized carbons (Fsp3) is 0.154. The molecule has 0 saturated heterocycles. The predicted molar refractivity (Wildman–Crippen MR) is 83.4 cm³/mol. The zero-order valence-electron chi connectivity index (χ0n) is 9.21. The first-order valence-corrected chi connectivity index (χ1v) is 7.65. The van der Waals surface area contributed by atoms with Gasteiger partial charge in [0.2, 0.25) is 0 Å². The summed E-state index contributed by atoms with van der Waals surface area (Å²) >= 11 is 19.5. The quantitative estimate of drug-likeness (QED) is 0.585. The van der Waals surface area contributed by atoms with E-state index in [9.17, 15) is 0 Å². The van der Waals surface area contributed by atoms with Crippen LogP contribution in [-0.4, -0.2) is 4.98 Å². The lowest BCUT2D eigenvalue weighted by molar-refractivity contribution is 0.910. The fourth-order valence-electron chi connectivity index (χ4n) is 1.63. The molecule has 1 atom stereocenters. The minimum absolute atomic E-state index is 0.142. The average molecular weight is 410 g/mol. The van der Waals surface area contributed by atoms with E-state index in [1.807, 2.05) is 24.3 Å². The lowest BCUT2D eigenvalue weighted by Gasteiger charge is -2.13. The van der Waals surface area contributed by atoms with Crippen LogP contribution < -0.4 is 0 Å². The Morgan fingerprint density at radius 2 is 2.00 bits per heavy atom. The van der Waals surface area contributed by atoms with Gasteiger partial charge in [0, 0.05) is 21.3 Å². The highest BCUT2D eigenvalue weighted by Gasteiger charge is 2.14. The third kappa shape index (κ3) is 3.47. The van der Waals surface area contributed by atoms with Gasteiger partial charge >= 0.3 is 0 Å². The molecule has 0 aliphatic carbocycles. The van der Waals surface area contributed by atoms with Crippen LogP contribution in [0, 0.1) is 0 Å². The van der Waals surface area contributed by atoms with Crippen LogP contribution in [-0.2, 0) is 6.42 Å². The van der Waals surface area contributed by atoms with Crippen molar-refractivity contribution in [1.82, 2.24) is 4.98 Å². The molecule has 0 radical (unpaired) electrons. The Kier molecular flexibility index (Phi) is 5.07. The maximum absolute atomic E-state index is 6.46. The molecule has 1 aromatic carbocycles. The summed E-state index contributed by atoms with van der Waals surface area (Å²) in [5, 5.41) is 0.506. The number of nitrogens with zero attached hydrogens (tertiary/aromatic N) is 1. The molecule has 1 aromatic heterocycles. The van der Waals surface area contributed by atoms with E-state index in [4.69, 9.17) is 23.2 Å². The van der Waals surface area contributed by atoms with Crippen LogP contribution in [0.3, 0.4) is 0 Å². The number of hydrogen-bond acceptors (Lipinski definition) is 1. The number of benzene rings is 1. The van der Waals surface area contributed by atoms with Gasteiger partial charge in [-0.15, -0.1) is 11.6 Å². The second-order valence-corrected chi connectivity index (χ2v) is 6.51. The molecule has 0 fully saturated rings. The molecule has 0 aliphatic heterocycles. The van der Waals surface area contributed by atoms with Crippen LogP contribution in [0.4, 0.5) is 0 Å². The zero-order chi connectivity index (χ0) is 13.1. The van der Waals surface area contributed by atoms with Crippen LogP contribution in [0.25, 0.3) is 0 Å². The van der Waals surface area contributed by atoms with Crippen molar-refractivity contribution in [2.45, 2.75) is 11.8 Å². The van der Waals surface area contributed by atoms with Crippen LogP contribution in [0.15, 0.2) is 45.6 Å². The van der Waals surface area contributed by atoms with Gasteiger partial charge < -0.3 is 0 Å². The lowest BCUT2D eigenvalue weighted by atomic mass is 10.0. The molecule has 1 unspecified atom stereocenters. The molecule has 1 heterocycles. The SMILES string of the molecule is Clc1cnccc1CC(Cl)c1cc(Br)ccc1Br. The van der Waals surface area contributed by atoms with Gasteiger partial charge in [-0.25, -0.2) is 0 Å². The summed E-state index contributed by atoms with van der Waals surface area (Å²) in [6.07, 6.45) is 4.02. The summed E-state index contributed by atoms with van der Waals surface area (Å²) in [4.78, 5) is 3.96. The first-order valence-electron chi connectivity index (χ1n) is 5.25. The van der Waals surface area contributed by atoms with Crippen LogP contribution in [0.5, 0.6) is 0 Å². The van der Waals surface area contributed by atoms with Crippen LogP contribution >= 0.6 is 55.1 Å². The minimum Gasteiger partial charge on any atom is -0.263 e. The molecule has 1 nitrogen and oxygen atoms in total. The molecule has 0 aliphatic rings. The monoisotopic (exact) mass is 407 g/mol. The Labute approximate surface area is 133 Å². The topological polar surface area (TPSA) is 12.9 Å². The molecular weight excluding hydrogens is 401 g/mol. The van der Waals surface area contributed by atoms with Gasteiger partial charge in [0.15, 0.2) is 0 Å². The number of rotatable bonds is 3. The van der Waals surface area contributed by atoms with Gasteiger partial charge in [-0.1, -0.05) is 43.5 Å². The number of alkyl halides is 1. The number of pyridine rings is 1. The molecule has 0 N–H and O–H groups in total. The maximum Gasteiger partial charge on any atom is 0.0637 e. The lowest BCUT2D eigenvalue weighted by Crippen LogP contribution is -1.98. The van der Waals surface area contributed by atoms with E-state index in [2.05, 4.69) is 36.8 Å². The van der Waals surface area contributed by atoms with E-state index in [1.54, 1.807) is 12.4 Å². The largest absolute Gasteiger partial charge is 0.263 e. The highest BCUT2D eigenvalue weighted by atomic mass is 79.9.